The first-order chi connectivity index (χ1) is 15.6. The van der Waals surface area contributed by atoms with Crippen molar-refractivity contribution < 1.29 is 27.5 Å². The molecule has 1 saturated heterocycles. The molecule has 0 aliphatic carbocycles. The van der Waals surface area contributed by atoms with Crippen LogP contribution in [-0.4, -0.2) is 34.7 Å². The third-order valence-corrected chi connectivity index (χ3v) is 6.88. The predicted octanol–water partition coefficient (Wildman–Crippen LogP) is 5.39. The van der Waals surface area contributed by atoms with Gasteiger partial charge < -0.3 is 16.2 Å². The number of aliphatic carboxylic acids is 1. The molecule has 1 aromatic carbocycles. The lowest BCUT2D eigenvalue weighted by atomic mass is 9.62. The molecule has 0 spiro atoms. The van der Waals surface area contributed by atoms with E-state index in [0.717, 1.165) is 6.20 Å². The van der Waals surface area contributed by atoms with Crippen LogP contribution in [0.1, 0.15) is 49.9 Å². The van der Waals surface area contributed by atoms with Gasteiger partial charge in [-0.05, 0) is 35.1 Å². The largest absolute Gasteiger partial charge is 0.480 e. The molecule has 1 aromatic heterocycles. The predicted molar refractivity (Wildman–Crippen MR) is 122 cm³/mol. The number of pyridine rings is 1. The van der Waals surface area contributed by atoms with Crippen molar-refractivity contribution in [3.63, 3.8) is 0 Å². The van der Waals surface area contributed by atoms with Gasteiger partial charge in [0.25, 0.3) is 0 Å². The second-order valence-electron chi connectivity index (χ2n) is 9.71. The summed E-state index contributed by atoms with van der Waals surface area (Å²) in [7, 11) is 0. The van der Waals surface area contributed by atoms with E-state index in [0.29, 0.717) is 12.5 Å². The fourth-order valence-corrected chi connectivity index (χ4v) is 5.43. The van der Waals surface area contributed by atoms with E-state index in [-0.39, 0.29) is 33.1 Å². The Kier molecular flexibility index (Phi) is 7.26. The molecule has 34 heavy (non-hydrogen) atoms. The van der Waals surface area contributed by atoms with Gasteiger partial charge in [0, 0.05) is 35.1 Å². The van der Waals surface area contributed by atoms with Crippen molar-refractivity contribution in [1.29, 1.82) is 0 Å². The zero-order valence-electron chi connectivity index (χ0n) is 18.7. The van der Waals surface area contributed by atoms with Crippen LogP contribution in [0.3, 0.4) is 0 Å². The van der Waals surface area contributed by atoms with Crippen molar-refractivity contribution in [2.45, 2.75) is 56.8 Å². The van der Waals surface area contributed by atoms with Gasteiger partial charge >= 0.3 is 12.1 Å². The third kappa shape index (κ3) is 4.76. The number of halogens is 6. The fraction of sp³-hybridized carbons (Fsp3) is 0.478. The molecule has 4 atom stereocenters. The van der Waals surface area contributed by atoms with Crippen molar-refractivity contribution in [2.24, 2.45) is 11.1 Å². The number of carboxylic acids is 1. The molecule has 0 saturated carbocycles. The molecule has 11 heteroatoms. The summed E-state index contributed by atoms with van der Waals surface area (Å²) < 4.78 is 55.1. The maximum atomic E-state index is 15.3. The number of rotatable bonds is 5. The van der Waals surface area contributed by atoms with Crippen LogP contribution in [0, 0.1) is 11.2 Å². The Morgan fingerprint density at radius 2 is 1.88 bits per heavy atom. The van der Waals surface area contributed by atoms with E-state index in [1.165, 1.54) is 18.2 Å². The third-order valence-electron chi connectivity index (χ3n) is 6.27. The molecule has 0 amide bonds. The minimum Gasteiger partial charge on any atom is -0.480 e. The highest BCUT2D eigenvalue weighted by atomic mass is 35.5. The first-order valence-corrected chi connectivity index (χ1v) is 11.2. The molecule has 186 valence electrons. The number of nitrogens with one attached hydrogen (secondary N) is 1. The number of benzene rings is 1. The van der Waals surface area contributed by atoms with Crippen LogP contribution in [0.2, 0.25) is 10.0 Å². The van der Waals surface area contributed by atoms with Crippen LogP contribution < -0.4 is 11.1 Å². The molecule has 1 aliphatic heterocycles. The number of aromatic nitrogens is 1. The molecule has 0 radical (unpaired) electrons. The molecule has 5 nitrogen and oxygen atoms in total. The van der Waals surface area contributed by atoms with Crippen LogP contribution in [0.5, 0.6) is 0 Å². The van der Waals surface area contributed by atoms with Gasteiger partial charge in [0.2, 0.25) is 0 Å². The Balaban J connectivity index is 2.36. The Morgan fingerprint density at radius 3 is 2.38 bits per heavy atom. The first kappa shape index (κ1) is 26.7. The lowest BCUT2D eigenvalue weighted by Gasteiger charge is -2.42. The molecule has 4 N–H and O–H groups in total. The summed E-state index contributed by atoms with van der Waals surface area (Å²) in [6, 6.07) is 2.88. The van der Waals surface area contributed by atoms with Gasteiger partial charge in [0.05, 0.1) is 5.02 Å². The quantitative estimate of drug-likeness (QED) is 0.459. The molecule has 2 aromatic rings. The summed E-state index contributed by atoms with van der Waals surface area (Å²) in [5.74, 6) is -3.24. The molecule has 0 bridgehead atoms. The first-order valence-electron chi connectivity index (χ1n) is 10.5. The van der Waals surface area contributed by atoms with Crippen LogP contribution in [0.15, 0.2) is 30.5 Å². The number of nitrogens with zero attached hydrogens (tertiary/aromatic N) is 1. The second-order valence-corrected chi connectivity index (χ2v) is 10.5. The SMILES string of the molecule is CC(C)(C)C[C@@H]1N[C@@H](C(=O)O)[C@H](c2cccc(Cl)c2F)[C@@]1(CN)c1cnc(C(F)(F)F)cc1Cl. The number of nitrogens with two attached hydrogens (primary N) is 1. The van der Waals surface area contributed by atoms with Crippen molar-refractivity contribution in [1.82, 2.24) is 10.3 Å². The number of hydrogen-bond acceptors (Lipinski definition) is 4. The van der Waals surface area contributed by atoms with Crippen LogP contribution in [0.4, 0.5) is 17.6 Å². The Bertz CT molecular complexity index is 1090. The van der Waals surface area contributed by atoms with E-state index < -0.39 is 47.1 Å². The molecular weight excluding hydrogens is 497 g/mol. The summed E-state index contributed by atoms with van der Waals surface area (Å²) in [5, 5.41) is 12.6. The fourth-order valence-electron chi connectivity index (χ4n) is 4.92. The van der Waals surface area contributed by atoms with E-state index in [2.05, 4.69) is 10.3 Å². The molecular formula is C23H25Cl2F4N3O2. The normalized spacial score (nSPS) is 25.5. The van der Waals surface area contributed by atoms with Gasteiger partial charge in [-0.3, -0.25) is 9.78 Å². The maximum absolute atomic E-state index is 15.3. The van der Waals surface area contributed by atoms with E-state index in [1.807, 2.05) is 20.8 Å². The highest BCUT2D eigenvalue weighted by molar-refractivity contribution is 6.31. The van der Waals surface area contributed by atoms with Crippen molar-refractivity contribution in [3.05, 3.63) is 63.1 Å². The lowest BCUT2D eigenvalue weighted by molar-refractivity contribution is -0.141. The summed E-state index contributed by atoms with van der Waals surface area (Å²) in [6.45, 7) is 5.52. The van der Waals surface area contributed by atoms with Gasteiger partial charge in [-0.25, -0.2) is 4.39 Å². The van der Waals surface area contributed by atoms with Gasteiger partial charge in [-0.2, -0.15) is 13.2 Å². The zero-order chi connectivity index (χ0) is 25.6. The van der Waals surface area contributed by atoms with E-state index in [4.69, 9.17) is 28.9 Å². The minimum atomic E-state index is -4.74. The van der Waals surface area contributed by atoms with E-state index >= 15 is 4.39 Å². The highest BCUT2D eigenvalue weighted by Crippen LogP contribution is 2.53. The second kappa shape index (κ2) is 9.26. The Hall–Kier alpha value is -1.94. The topological polar surface area (TPSA) is 88.2 Å². The van der Waals surface area contributed by atoms with Gasteiger partial charge in [-0.1, -0.05) is 56.1 Å². The van der Waals surface area contributed by atoms with Gasteiger partial charge in [-0.15, -0.1) is 0 Å². The molecule has 1 aliphatic rings. The summed E-state index contributed by atoms with van der Waals surface area (Å²) >= 11 is 12.4. The minimum absolute atomic E-state index is 0.0229. The highest BCUT2D eigenvalue weighted by Gasteiger charge is 2.60. The number of carbonyl (C=O) groups is 1. The van der Waals surface area contributed by atoms with E-state index in [1.54, 1.807) is 0 Å². The zero-order valence-corrected chi connectivity index (χ0v) is 20.2. The maximum Gasteiger partial charge on any atom is 0.433 e. The summed E-state index contributed by atoms with van der Waals surface area (Å²) in [4.78, 5) is 15.9. The summed E-state index contributed by atoms with van der Waals surface area (Å²) in [5.41, 5.74) is 3.41. The van der Waals surface area contributed by atoms with Crippen molar-refractivity contribution in [2.75, 3.05) is 6.54 Å². The average Bonchev–Trinajstić information content (AvgIpc) is 3.02. The molecule has 2 heterocycles. The van der Waals surface area contributed by atoms with E-state index in [9.17, 15) is 23.1 Å². The molecule has 1 fully saturated rings. The Morgan fingerprint density at radius 1 is 1.24 bits per heavy atom. The van der Waals surface area contributed by atoms with Gasteiger partial charge in [0.1, 0.15) is 17.6 Å². The van der Waals surface area contributed by atoms with Crippen molar-refractivity contribution in [3.8, 4) is 0 Å². The smallest absolute Gasteiger partial charge is 0.433 e. The van der Waals surface area contributed by atoms with Crippen LogP contribution in [-0.2, 0) is 16.4 Å². The van der Waals surface area contributed by atoms with Crippen LogP contribution >= 0.6 is 23.2 Å². The average molecular weight is 522 g/mol. The summed E-state index contributed by atoms with van der Waals surface area (Å²) in [6.07, 6.45) is -3.40. The van der Waals surface area contributed by atoms with Crippen molar-refractivity contribution >= 4 is 29.2 Å². The standard InChI is InChI=1S/C23H25Cl2F4N3O2/c1-21(2,3)8-16-22(10-30,12-9-31-15(7-14(12)25)23(27,28)29)17(19(32-16)20(33)34)11-5-4-6-13(24)18(11)26/h4-7,9,16-17,19,32H,8,10,30H2,1-3H3,(H,33,34)/t16-,17-,19+,22-/m0/s1. The Labute approximate surface area is 204 Å². The molecule has 3 rings (SSSR count). The number of alkyl halides is 3. The molecule has 0 unspecified atom stereocenters. The monoisotopic (exact) mass is 521 g/mol. The number of hydrogen-bond donors (Lipinski definition) is 3. The number of carboxylic acid groups (broad SMARTS) is 1. The lowest BCUT2D eigenvalue weighted by Crippen LogP contribution is -2.50. The van der Waals surface area contributed by atoms with Gasteiger partial charge in [0.15, 0.2) is 0 Å². The van der Waals surface area contributed by atoms with Crippen LogP contribution in [0.25, 0.3) is 0 Å².